The first-order chi connectivity index (χ1) is 16.1. The summed E-state index contributed by atoms with van der Waals surface area (Å²) in [6.45, 7) is 11.4. The summed E-state index contributed by atoms with van der Waals surface area (Å²) in [5, 5.41) is 7.26. The highest BCUT2D eigenvalue weighted by molar-refractivity contribution is 5.95. The molecule has 34 heavy (non-hydrogen) atoms. The first-order valence-corrected chi connectivity index (χ1v) is 11.6. The monoisotopic (exact) mass is 464 g/mol. The Morgan fingerprint density at radius 3 is 2.59 bits per heavy atom. The molecule has 180 valence electrons. The van der Waals surface area contributed by atoms with Gasteiger partial charge in [0.15, 0.2) is 5.69 Å². The zero-order valence-corrected chi connectivity index (χ0v) is 20.4. The van der Waals surface area contributed by atoms with E-state index in [1.165, 1.54) is 5.56 Å². The normalized spacial score (nSPS) is 18.2. The van der Waals surface area contributed by atoms with Crippen molar-refractivity contribution >= 4 is 29.0 Å². The molecule has 1 aliphatic rings. The molecule has 3 aromatic rings. The Labute approximate surface area is 199 Å². The molecule has 1 aliphatic heterocycles. The summed E-state index contributed by atoms with van der Waals surface area (Å²) in [5.41, 5.74) is 2.86. The minimum absolute atomic E-state index is 0.00911. The number of carbonyl (C=O) groups is 2. The summed E-state index contributed by atoms with van der Waals surface area (Å²) in [6, 6.07) is 14.0. The van der Waals surface area contributed by atoms with Gasteiger partial charge in [-0.3, -0.25) is 5.32 Å². The number of pyridine rings is 1. The summed E-state index contributed by atoms with van der Waals surface area (Å²) in [4.78, 5) is 27.1. The second kappa shape index (κ2) is 9.00. The van der Waals surface area contributed by atoms with Crippen molar-refractivity contribution in [2.24, 2.45) is 0 Å². The van der Waals surface area contributed by atoms with Crippen LogP contribution in [-0.2, 0) is 14.9 Å². The topological polar surface area (TPSA) is 85.2 Å². The van der Waals surface area contributed by atoms with Crippen LogP contribution in [0.1, 0.15) is 57.1 Å². The summed E-state index contributed by atoms with van der Waals surface area (Å²) in [6.07, 6.45) is 2.31. The van der Waals surface area contributed by atoms with Crippen molar-refractivity contribution in [2.45, 2.75) is 52.1 Å². The van der Waals surface area contributed by atoms with Crippen molar-refractivity contribution in [3.63, 3.8) is 0 Å². The van der Waals surface area contributed by atoms with Crippen LogP contribution in [0.2, 0.25) is 0 Å². The molecule has 0 unspecified atom stereocenters. The molecule has 0 bridgehead atoms. The quantitative estimate of drug-likeness (QED) is 0.534. The molecule has 1 fully saturated rings. The zero-order valence-electron chi connectivity index (χ0n) is 20.4. The Bertz CT molecular complexity index is 1200. The van der Waals surface area contributed by atoms with Gasteiger partial charge in [0.2, 0.25) is 0 Å². The van der Waals surface area contributed by atoms with E-state index >= 15 is 0 Å². The molecule has 1 amide bonds. The van der Waals surface area contributed by atoms with Crippen molar-refractivity contribution < 1.29 is 19.1 Å². The zero-order chi connectivity index (χ0) is 24.5. The minimum atomic E-state index is -0.638. The molecule has 0 aliphatic carbocycles. The molecule has 0 radical (unpaired) electrons. The highest BCUT2D eigenvalue weighted by Gasteiger charge is 2.36. The molecule has 1 atom stereocenters. The van der Waals surface area contributed by atoms with E-state index in [4.69, 9.17) is 9.47 Å². The van der Waals surface area contributed by atoms with E-state index in [1.54, 1.807) is 17.5 Å². The summed E-state index contributed by atoms with van der Waals surface area (Å²) >= 11 is 0. The van der Waals surface area contributed by atoms with Crippen molar-refractivity contribution in [2.75, 3.05) is 29.9 Å². The van der Waals surface area contributed by atoms with E-state index in [-0.39, 0.29) is 17.7 Å². The van der Waals surface area contributed by atoms with Crippen LogP contribution in [-0.4, -0.2) is 47.0 Å². The second-order valence-electron chi connectivity index (χ2n) is 9.92. The Morgan fingerprint density at radius 1 is 1.18 bits per heavy atom. The maximum Gasteiger partial charge on any atom is 0.412 e. The number of ether oxygens (including phenoxy) is 2. The number of nitrogens with zero attached hydrogens (tertiary/aromatic N) is 3. The Balaban J connectivity index is 1.69. The number of amides is 1. The highest BCUT2D eigenvalue weighted by atomic mass is 16.6. The third kappa shape index (κ3) is 5.00. The molecule has 3 heterocycles. The number of benzene rings is 1. The van der Waals surface area contributed by atoms with Gasteiger partial charge in [-0.05, 0) is 45.7 Å². The molecule has 1 aromatic carbocycles. The molecule has 4 rings (SSSR count). The van der Waals surface area contributed by atoms with Gasteiger partial charge in [-0.1, -0.05) is 37.3 Å². The summed E-state index contributed by atoms with van der Waals surface area (Å²) in [7, 11) is 0. The summed E-state index contributed by atoms with van der Waals surface area (Å²) < 4.78 is 12.2. The number of aromatic nitrogens is 2. The maximum absolute atomic E-state index is 12.6. The molecule has 1 saturated heterocycles. The number of carbonyl (C=O) groups excluding carboxylic acids is 2. The molecule has 2 aromatic heterocycles. The molecule has 0 spiro atoms. The van der Waals surface area contributed by atoms with Crippen molar-refractivity contribution in [3.8, 4) is 0 Å². The maximum atomic E-state index is 12.6. The van der Waals surface area contributed by atoms with Crippen molar-refractivity contribution in [3.05, 3.63) is 59.9 Å². The molecule has 0 saturated carbocycles. The number of hydrogen-bond acceptors (Lipinski definition) is 6. The van der Waals surface area contributed by atoms with Crippen LogP contribution in [0.25, 0.3) is 5.52 Å². The van der Waals surface area contributed by atoms with E-state index in [9.17, 15) is 9.59 Å². The van der Waals surface area contributed by atoms with Gasteiger partial charge >= 0.3 is 12.1 Å². The van der Waals surface area contributed by atoms with Crippen LogP contribution in [0.15, 0.2) is 48.7 Å². The van der Waals surface area contributed by atoms with Gasteiger partial charge < -0.3 is 14.4 Å². The predicted molar refractivity (Wildman–Crippen MR) is 132 cm³/mol. The average Bonchev–Trinajstić information content (AvgIpc) is 3.38. The minimum Gasteiger partial charge on any atom is -0.461 e. The first kappa shape index (κ1) is 23.6. The second-order valence-corrected chi connectivity index (χ2v) is 9.92. The van der Waals surface area contributed by atoms with Crippen LogP contribution in [0.5, 0.6) is 0 Å². The standard InChI is InChI=1S/C26H32N4O4/c1-6-33-23(31)21-15-22-20(27-24(32)34-25(2,3)4)14-19(16-30(22)28-21)29-13-12-26(5,17-29)18-10-8-7-9-11-18/h7-11,14-16H,6,12-13,17H2,1-5H3,(H,27,32)/t26-/m0/s1. The van der Waals surface area contributed by atoms with E-state index < -0.39 is 17.7 Å². The fraction of sp³-hybridized carbons (Fsp3) is 0.423. The molecule has 8 nitrogen and oxygen atoms in total. The molecular formula is C26H32N4O4. The largest absolute Gasteiger partial charge is 0.461 e. The predicted octanol–water partition coefficient (Wildman–Crippen LogP) is 5.03. The molecule has 1 N–H and O–H groups in total. The number of fused-ring (bicyclic) bond motifs is 1. The van der Waals surface area contributed by atoms with E-state index in [2.05, 4.69) is 46.5 Å². The van der Waals surface area contributed by atoms with Crippen LogP contribution in [0.4, 0.5) is 16.2 Å². The molecule has 8 heteroatoms. The smallest absolute Gasteiger partial charge is 0.412 e. The van der Waals surface area contributed by atoms with Crippen LogP contribution < -0.4 is 10.2 Å². The lowest BCUT2D eigenvalue weighted by Crippen LogP contribution is -2.29. The fourth-order valence-electron chi connectivity index (χ4n) is 4.33. The SMILES string of the molecule is CCOC(=O)c1cc2c(NC(=O)OC(C)(C)C)cc(N3CC[C@](C)(c4ccccc4)C3)cn2n1. The van der Waals surface area contributed by atoms with Crippen LogP contribution in [0.3, 0.4) is 0 Å². The Kier molecular flexibility index (Phi) is 6.25. The van der Waals surface area contributed by atoms with Crippen LogP contribution >= 0.6 is 0 Å². The van der Waals surface area contributed by atoms with Gasteiger partial charge in [-0.2, -0.15) is 5.10 Å². The Hall–Kier alpha value is -3.55. The Morgan fingerprint density at radius 2 is 1.91 bits per heavy atom. The first-order valence-electron chi connectivity index (χ1n) is 11.6. The van der Waals surface area contributed by atoms with E-state index in [0.717, 1.165) is 25.2 Å². The number of hydrogen-bond donors (Lipinski definition) is 1. The van der Waals surface area contributed by atoms with Gasteiger partial charge in [0.25, 0.3) is 0 Å². The van der Waals surface area contributed by atoms with Gasteiger partial charge in [0.05, 0.1) is 29.7 Å². The average molecular weight is 465 g/mol. The number of nitrogens with one attached hydrogen (secondary N) is 1. The van der Waals surface area contributed by atoms with Gasteiger partial charge in [0, 0.05) is 24.6 Å². The molecular weight excluding hydrogens is 432 g/mol. The van der Waals surface area contributed by atoms with Crippen molar-refractivity contribution in [1.29, 1.82) is 0 Å². The van der Waals surface area contributed by atoms with Crippen molar-refractivity contribution in [1.82, 2.24) is 9.61 Å². The third-order valence-corrected chi connectivity index (χ3v) is 5.99. The lowest BCUT2D eigenvalue weighted by Gasteiger charge is -2.26. The van der Waals surface area contributed by atoms with Gasteiger partial charge in [-0.15, -0.1) is 0 Å². The summed E-state index contributed by atoms with van der Waals surface area (Å²) in [5.74, 6) is -0.506. The number of esters is 1. The van der Waals surface area contributed by atoms with E-state index in [0.29, 0.717) is 11.2 Å². The van der Waals surface area contributed by atoms with Gasteiger partial charge in [0.1, 0.15) is 5.60 Å². The third-order valence-electron chi connectivity index (χ3n) is 5.99. The lowest BCUT2D eigenvalue weighted by molar-refractivity contribution is 0.0518. The van der Waals surface area contributed by atoms with Gasteiger partial charge in [-0.25, -0.2) is 14.1 Å². The number of rotatable bonds is 5. The van der Waals surface area contributed by atoms with Crippen LogP contribution in [0, 0.1) is 0 Å². The fourth-order valence-corrected chi connectivity index (χ4v) is 4.33. The van der Waals surface area contributed by atoms with E-state index in [1.807, 2.05) is 39.1 Å². The number of anilines is 2. The highest BCUT2D eigenvalue weighted by Crippen LogP contribution is 2.37. The lowest BCUT2D eigenvalue weighted by atomic mass is 9.82.